The third kappa shape index (κ3) is 4.76. The van der Waals surface area contributed by atoms with E-state index in [-0.39, 0.29) is 13.4 Å². The number of ether oxygens (including phenoxy) is 3. The molecule has 6 heteroatoms. The van der Waals surface area contributed by atoms with Gasteiger partial charge in [0.2, 0.25) is 0 Å². The summed E-state index contributed by atoms with van der Waals surface area (Å²) >= 11 is 3.47. The molecule has 0 saturated heterocycles. The second-order valence-corrected chi connectivity index (χ2v) is 6.49. The second kappa shape index (κ2) is 9.37. The van der Waals surface area contributed by atoms with Crippen molar-refractivity contribution in [2.75, 3.05) is 27.6 Å². The summed E-state index contributed by atoms with van der Waals surface area (Å²) in [6.45, 7) is 8.20. The Kier molecular flexibility index (Phi) is 8.19. The Hall–Kier alpha value is -0.950. The van der Waals surface area contributed by atoms with Crippen LogP contribution in [0.25, 0.3) is 0 Å². The van der Waals surface area contributed by atoms with E-state index in [1.54, 1.807) is 20.4 Å². The van der Waals surface area contributed by atoms with Crippen LogP contribution in [0.1, 0.15) is 37.1 Å². The average Bonchev–Trinajstić information content (AvgIpc) is 2.56. The molecule has 1 aromatic rings. The van der Waals surface area contributed by atoms with Gasteiger partial charge in [-0.1, -0.05) is 13.0 Å². The van der Waals surface area contributed by atoms with Crippen molar-refractivity contribution < 1.29 is 19.3 Å². The highest BCUT2D eigenvalue weighted by Gasteiger charge is 2.37. The van der Waals surface area contributed by atoms with Crippen LogP contribution in [0, 0.1) is 12.3 Å². The minimum Gasteiger partial charge on any atom is -0.494 e. The predicted octanol–water partition coefficient (Wildman–Crippen LogP) is 3.79. The standard InChI is InChI=1S/C17H26BrNO4/c1-6-17(3,8-7-9-20)16(23-11-21-4)14-15(22-5)12(2)13(18)10-19-14/h6,10,16,20H,1,7-9,11H2,2-5H3. The van der Waals surface area contributed by atoms with E-state index >= 15 is 0 Å². The molecule has 2 atom stereocenters. The summed E-state index contributed by atoms with van der Waals surface area (Å²) < 4.78 is 17.5. The monoisotopic (exact) mass is 387 g/mol. The van der Waals surface area contributed by atoms with Gasteiger partial charge in [-0.2, -0.15) is 0 Å². The zero-order valence-corrected chi connectivity index (χ0v) is 15.9. The lowest BCUT2D eigenvalue weighted by Gasteiger charge is -2.35. The molecule has 1 aromatic heterocycles. The van der Waals surface area contributed by atoms with Crippen molar-refractivity contribution in [2.45, 2.75) is 32.8 Å². The van der Waals surface area contributed by atoms with Crippen LogP contribution in [-0.2, 0) is 9.47 Å². The molecular formula is C17H26BrNO4. The van der Waals surface area contributed by atoms with Gasteiger partial charge in [0.25, 0.3) is 0 Å². The number of hydrogen-bond donors (Lipinski definition) is 1. The highest BCUT2D eigenvalue weighted by atomic mass is 79.9. The number of hydrogen-bond acceptors (Lipinski definition) is 5. The Balaban J connectivity index is 3.35. The summed E-state index contributed by atoms with van der Waals surface area (Å²) in [6, 6.07) is 0. The SMILES string of the molecule is C=CC(C)(CCCO)C(OCOC)c1ncc(Br)c(C)c1OC. The lowest BCUT2D eigenvalue weighted by Crippen LogP contribution is -2.28. The number of aliphatic hydroxyl groups excluding tert-OH is 1. The van der Waals surface area contributed by atoms with E-state index in [2.05, 4.69) is 27.5 Å². The number of aliphatic hydroxyl groups is 1. The minimum atomic E-state index is -0.415. The van der Waals surface area contributed by atoms with Crippen molar-refractivity contribution in [3.8, 4) is 5.75 Å². The zero-order chi connectivity index (χ0) is 17.5. The van der Waals surface area contributed by atoms with E-state index in [9.17, 15) is 5.11 Å². The van der Waals surface area contributed by atoms with E-state index in [0.29, 0.717) is 24.3 Å². The topological polar surface area (TPSA) is 60.8 Å². The van der Waals surface area contributed by atoms with Crippen LogP contribution in [0.3, 0.4) is 0 Å². The summed E-state index contributed by atoms with van der Waals surface area (Å²) in [4.78, 5) is 4.52. The molecule has 5 nitrogen and oxygen atoms in total. The quantitative estimate of drug-likeness (QED) is 0.488. The van der Waals surface area contributed by atoms with Gasteiger partial charge in [0.1, 0.15) is 24.3 Å². The van der Waals surface area contributed by atoms with Crippen LogP contribution >= 0.6 is 15.9 Å². The minimum absolute atomic E-state index is 0.115. The van der Waals surface area contributed by atoms with Crippen LogP contribution in [0.4, 0.5) is 0 Å². The molecule has 0 spiro atoms. The molecule has 0 aromatic carbocycles. The average molecular weight is 388 g/mol. The molecule has 23 heavy (non-hydrogen) atoms. The van der Waals surface area contributed by atoms with Gasteiger partial charge >= 0.3 is 0 Å². The van der Waals surface area contributed by atoms with Crippen LogP contribution in [0.2, 0.25) is 0 Å². The van der Waals surface area contributed by atoms with Gasteiger partial charge in [-0.15, -0.1) is 6.58 Å². The Morgan fingerprint density at radius 3 is 2.70 bits per heavy atom. The molecule has 1 heterocycles. The first-order chi connectivity index (χ1) is 10.9. The highest BCUT2D eigenvalue weighted by molar-refractivity contribution is 9.10. The van der Waals surface area contributed by atoms with E-state index < -0.39 is 11.5 Å². The Morgan fingerprint density at radius 1 is 1.48 bits per heavy atom. The van der Waals surface area contributed by atoms with Crippen molar-refractivity contribution >= 4 is 15.9 Å². The number of aromatic nitrogens is 1. The van der Waals surface area contributed by atoms with Crippen molar-refractivity contribution in [1.29, 1.82) is 0 Å². The van der Waals surface area contributed by atoms with Crippen molar-refractivity contribution in [1.82, 2.24) is 4.98 Å². The van der Waals surface area contributed by atoms with Crippen LogP contribution in [-0.4, -0.2) is 37.7 Å². The summed E-state index contributed by atoms with van der Waals surface area (Å²) in [5, 5.41) is 9.19. The number of rotatable bonds is 10. The fraction of sp³-hybridized carbons (Fsp3) is 0.588. The molecule has 0 fully saturated rings. The molecule has 1 rings (SSSR count). The molecule has 130 valence electrons. The largest absolute Gasteiger partial charge is 0.494 e. The van der Waals surface area contributed by atoms with Crippen molar-refractivity contribution in [2.24, 2.45) is 5.41 Å². The lowest BCUT2D eigenvalue weighted by molar-refractivity contribution is -0.111. The first-order valence-electron chi connectivity index (χ1n) is 7.49. The maximum atomic E-state index is 9.19. The van der Waals surface area contributed by atoms with Gasteiger partial charge in [-0.25, -0.2) is 0 Å². The van der Waals surface area contributed by atoms with Gasteiger partial charge in [0, 0.05) is 35.4 Å². The summed E-state index contributed by atoms with van der Waals surface area (Å²) in [5.74, 6) is 0.678. The summed E-state index contributed by atoms with van der Waals surface area (Å²) in [5.41, 5.74) is 1.24. The predicted molar refractivity (Wildman–Crippen MR) is 93.6 cm³/mol. The Labute approximate surface area is 146 Å². The number of methoxy groups -OCH3 is 2. The molecule has 0 bridgehead atoms. The summed E-state index contributed by atoms with van der Waals surface area (Å²) in [7, 11) is 3.19. The molecule has 0 saturated carbocycles. The van der Waals surface area contributed by atoms with Crippen LogP contribution in [0.5, 0.6) is 5.75 Å². The molecular weight excluding hydrogens is 362 g/mol. The molecule has 0 aliphatic rings. The van der Waals surface area contributed by atoms with Gasteiger partial charge < -0.3 is 19.3 Å². The number of pyridine rings is 1. The number of halogens is 1. The van der Waals surface area contributed by atoms with Crippen molar-refractivity contribution in [3.63, 3.8) is 0 Å². The molecule has 0 aliphatic carbocycles. The van der Waals surface area contributed by atoms with Gasteiger partial charge in [0.15, 0.2) is 0 Å². The normalized spacial score (nSPS) is 15.0. The maximum absolute atomic E-state index is 9.19. The van der Waals surface area contributed by atoms with Gasteiger partial charge in [-0.05, 0) is 35.7 Å². The molecule has 0 aliphatic heterocycles. The lowest BCUT2D eigenvalue weighted by atomic mass is 9.78. The third-order valence-corrected chi connectivity index (χ3v) is 4.79. The fourth-order valence-electron chi connectivity index (χ4n) is 2.54. The van der Waals surface area contributed by atoms with Crippen molar-refractivity contribution in [3.05, 3.63) is 34.6 Å². The Morgan fingerprint density at radius 2 is 2.17 bits per heavy atom. The van der Waals surface area contributed by atoms with E-state index in [1.807, 2.05) is 19.9 Å². The van der Waals surface area contributed by atoms with Crippen LogP contribution < -0.4 is 4.74 Å². The highest BCUT2D eigenvalue weighted by Crippen LogP contribution is 2.45. The third-order valence-electron chi connectivity index (χ3n) is 3.99. The Bertz CT molecular complexity index is 524. The van der Waals surface area contributed by atoms with Gasteiger partial charge in [0.05, 0.1) is 7.11 Å². The summed E-state index contributed by atoms with van der Waals surface area (Å²) in [6.07, 6.45) is 4.55. The van der Waals surface area contributed by atoms with E-state index in [4.69, 9.17) is 14.2 Å². The van der Waals surface area contributed by atoms with E-state index in [0.717, 1.165) is 10.0 Å². The van der Waals surface area contributed by atoms with Crippen LogP contribution in [0.15, 0.2) is 23.3 Å². The zero-order valence-electron chi connectivity index (χ0n) is 14.3. The molecule has 2 unspecified atom stereocenters. The second-order valence-electron chi connectivity index (χ2n) is 5.64. The maximum Gasteiger partial charge on any atom is 0.147 e. The molecule has 0 amide bonds. The first-order valence-corrected chi connectivity index (χ1v) is 8.28. The smallest absolute Gasteiger partial charge is 0.147 e. The van der Waals surface area contributed by atoms with Gasteiger partial charge in [-0.3, -0.25) is 4.98 Å². The van der Waals surface area contributed by atoms with E-state index in [1.165, 1.54) is 0 Å². The molecule has 0 radical (unpaired) electrons. The fourth-order valence-corrected chi connectivity index (χ4v) is 2.83. The molecule has 1 N–H and O–H groups in total. The number of nitrogens with zero attached hydrogens (tertiary/aromatic N) is 1. The first kappa shape index (κ1) is 20.1.